The number of fused-ring (bicyclic) bond motifs is 1. The third-order valence-corrected chi connectivity index (χ3v) is 5.69. The van der Waals surface area contributed by atoms with E-state index >= 15 is 0 Å². The number of nitrogens with one attached hydrogen (secondary N) is 2. The minimum Gasteiger partial charge on any atom is -0.361 e. The third kappa shape index (κ3) is 3.60. The number of benzene rings is 1. The number of carbonyl (C=O) groups is 2. The molecule has 28 heavy (non-hydrogen) atoms. The number of para-hydroxylation sites is 1. The van der Waals surface area contributed by atoms with Crippen molar-refractivity contribution in [3.8, 4) is 0 Å². The highest BCUT2D eigenvalue weighted by atomic mass is 16.2. The number of rotatable bonds is 4. The summed E-state index contributed by atoms with van der Waals surface area (Å²) in [7, 11) is 2.09. The molecule has 0 spiro atoms. The van der Waals surface area contributed by atoms with Crippen LogP contribution in [0.15, 0.2) is 30.5 Å². The van der Waals surface area contributed by atoms with Crippen molar-refractivity contribution in [3.63, 3.8) is 0 Å². The summed E-state index contributed by atoms with van der Waals surface area (Å²) in [5.74, 6) is 0.115. The molecule has 0 bridgehead atoms. The number of nitrogens with zero attached hydrogens (tertiary/aromatic N) is 2. The Morgan fingerprint density at radius 2 is 1.93 bits per heavy atom. The Balaban J connectivity index is 1.51. The number of piperazine rings is 1. The predicted molar refractivity (Wildman–Crippen MR) is 111 cm³/mol. The summed E-state index contributed by atoms with van der Waals surface area (Å²) < 4.78 is 0. The monoisotopic (exact) mass is 378 g/mol. The molecular weight excluding hydrogens is 352 g/mol. The van der Waals surface area contributed by atoms with Gasteiger partial charge in [-0.3, -0.25) is 9.59 Å². The van der Waals surface area contributed by atoms with Crippen molar-refractivity contribution in [2.75, 3.05) is 38.5 Å². The summed E-state index contributed by atoms with van der Waals surface area (Å²) in [6.07, 6.45) is 5.01. The van der Waals surface area contributed by atoms with Crippen LogP contribution in [0, 0.1) is 6.92 Å². The van der Waals surface area contributed by atoms with Crippen LogP contribution < -0.4 is 5.32 Å². The Hall–Kier alpha value is -2.86. The van der Waals surface area contributed by atoms with Crippen LogP contribution in [0.25, 0.3) is 11.6 Å². The maximum atomic E-state index is 12.6. The lowest BCUT2D eigenvalue weighted by atomic mass is 10.0. The van der Waals surface area contributed by atoms with Crippen LogP contribution in [0.3, 0.4) is 0 Å². The van der Waals surface area contributed by atoms with Gasteiger partial charge in [-0.15, -0.1) is 0 Å². The molecule has 2 aliphatic rings. The smallest absolute Gasteiger partial charge is 0.256 e. The minimum atomic E-state index is -0.0899. The zero-order chi connectivity index (χ0) is 19.7. The average Bonchev–Trinajstić information content (AvgIpc) is 3.20. The summed E-state index contributed by atoms with van der Waals surface area (Å²) in [5.41, 5.74) is 5.54. The fourth-order valence-corrected chi connectivity index (χ4v) is 3.91. The molecule has 2 aliphatic heterocycles. The van der Waals surface area contributed by atoms with E-state index in [9.17, 15) is 9.59 Å². The number of aromatic nitrogens is 1. The van der Waals surface area contributed by atoms with E-state index < -0.39 is 0 Å². The predicted octanol–water partition coefficient (Wildman–Crippen LogP) is 2.52. The van der Waals surface area contributed by atoms with E-state index in [1.807, 2.05) is 48.4 Å². The number of H-pyrrole nitrogens is 1. The average molecular weight is 378 g/mol. The molecule has 2 amide bonds. The Kier molecular flexibility index (Phi) is 5.05. The standard InChI is InChI=1S/C22H26N4O2/c1-15-14-23-20(13-18-17-5-3-4-6-19(17)24-22(18)28)16(15)7-8-21(27)26-11-9-25(2)10-12-26/h3-6,13-14,23H,7-12H2,1-2H3,(H,24,28)/b18-13-. The van der Waals surface area contributed by atoms with Crippen LogP contribution in [0.5, 0.6) is 0 Å². The largest absolute Gasteiger partial charge is 0.361 e. The number of carbonyl (C=O) groups excluding carboxylic acids is 2. The molecule has 0 unspecified atom stereocenters. The second-order valence-corrected chi connectivity index (χ2v) is 7.61. The molecule has 1 aromatic heterocycles. The third-order valence-electron chi connectivity index (χ3n) is 5.69. The van der Waals surface area contributed by atoms with Gasteiger partial charge in [-0.1, -0.05) is 18.2 Å². The molecule has 2 N–H and O–H groups in total. The lowest BCUT2D eigenvalue weighted by molar-refractivity contribution is -0.132. The van der Waals surface area contributed by atoms with Gasteiger partial charge in [-0.05, 0) is 43.7 Å². The SMILES string of the molecule is Cc1c[nH]c(/C=C2\C(=O)Nc3ccccc32)c1CCC(=O)N1CCN(C)CC1. The number of hydrogen-bond acceptors (Lipinski definition) is 3. The molecule has 0 saturated carbocycles. The summed E-state index contributed by atoms with van der Waals surface area (Å²) in [6, 6.07) is 7.70. The molecule has 146 valence electrons. The van der Waals surface area contributed by atoms with E-state index in [2.05, 4.69) is 22.2 Å². The van der Waals surface area contributed by atoms with Crippen LogP contribution in [-0.4, -0.2) is 59.8 Å². The summed E-state index contributed by atoms with van der Waals surface area (Å²) >= 11 is 0. The number of anilines is 1. The maximum absolute atomic E-state index is 12.6. The molecule has 0 atom stereocenters. The van der Waals surface area contributed by atoms with Crippen molar-refractivity contribution in [1.29, 1.82) is 0 Å². The van der Waals surface area contributed by atoms with E-state index in [1.54, 1.807) is 0 Å². The highest BCUT2D eigenvalue weighted by Gasteiger charge is 2.24. The van der Waals surface area contributed by atoms with Crippen molar-refractivity contribution < 1.29 is 9.59 Å². The van der Waals surface area contributed by atoms with Gasteiger partial charge in [0.2, 0.25) is 5.91 Å². The number of amides is 2. The Labute approximate surface area is 165 Å². The Bertz CT molecular complexity index is 936. The van der Waals surface area contributed by atoms with Gasteiger partial charge in [-0.2, -0.15) is 0 Å². The highest BCUT2D eigenvalue weighted by molar-refractivity contribution is 6.34. The van der Waals surface area contributed by atoms with Gasteiger partial charge in [0, 0.05) is 55.7 Å². The van der Waals surface area contributed by atoms with Crippen LogP contribution in [0.4, 0.5) is 5.69 Å². The van der Waals surface area contributed by atoms with Crippen molar-refractivity contribution in [1.82, 2.24) is 14.8 Å². The molecule has 0 radical (unpaired) electrons. The Morgan fingerprint density at radius 1 is 1.18 bits per heavy atom. The van der Waals surface area contributed by atoms with E-state index in [4.69, 9.17) is 0 Å². The zero-order valence-electron chi connectivity index (χ0n) is 16.4. The molecule has 6 nitrogen and oxygen atoms in total. The number of aromatic amines is 1. The first-order chi connectivity index (χ1) is 13.5. The number of likely N-dealkylation sites (N-methyl/N-ethyl adjacent to an activating group) is 1. The molecular formula is C22H26N4O2. The van der Waals surface area contributed by atoms with Gasteiger partial charge in [0.15, 0.2) is 0 Å². The van der Waals surface area contributed by atoms with Crippen molar-refractivity contribution in [3.05, 3.63) is 52.8 Å². The van der Waals surface area contributed by atoms with Crippen molar-refractivity contribution in [2.45, 2.75) is 19.8 Å². The van der Waals surface area contributed by atoms with Crippen molar-refractivity contribution >= 4 is 29.2 Å². The number of hydrogen-bond donors (Lipinski definition) is 2. The van der Waals surface area contributed by atoms with E-state index in [1.165, 1.54) is 0 Å². The maximum Gasteiger partial charge on any atom is 0.256 e. The molecule has 0 aliphatic carbocycles. The fraction of sp³-hybridized carbons (Fsp3) is 0.364. The van der Waals surface area contributed by atoms with Crippen molar-refractivity contribution in [2.24, 2.45) is 0 Å². The first-order valence-corrected chi connectivity index (χ1v) is 9.78. The molecule has 1 fully saturated rings. The lowest BCUT2D eigenvalue weighted by Crippen LogP contribution is -2.47. The van der Waals surface area contributed by atoms with Gasteiger partial charge in [-0.25, -0.2) is 0 Å². The molecule has 3 heterocycles. The summed E-state index contributed by atoms with van der Waals surface area (Å²) in [4.78, 5) is 32.5. The van der Waals surface area contributed by atoms with Gasteiger partial charge in [0.05, 0.1) is 5.57 Å². The summed E-state index contributed by atoms with van der Waals surface area (Å²) in [5, 5.41) is 2.90. The fourth-order valence-electron chi connectivity index (χ4n) is 3.91. The molecule has 4 rings (SSSR count). The Morgan fingerprint density at radius 3 is 2.71 bits per heavy atom. The van der Waals surface area contributed by atoms with Gasteiger partial charge < -0.3 is 20.1 Å². The summed E-state index contributed by atoms with van der Waals surface area (Å²) in [6.45, 7) is 5.50. The number of aryl methyl sites for hydroxylation is 1. The topological polar surface area (TPSA) is 68.4 Å². The van der Waals surface area contributed by atoms with E-state index in [0.29, 0.717) is 18.4 Å². The van der Waals surface area contributed by atoms with Crippen LogP contribution in [0.1, 0.15) is 28.8 Å². The highest BCUT2D eigenvalue weighted by Crippen LogP contribution is 2.33. The second-order valence-electron chi connectivity index (χ2n) is 7.61. The van der Waals surface area contributed by atoms with Gasteiger partial charge in [0.25, 0.3) is 5.91 Å². The quantitative estimate of drug-likeness (QED) is 0.804. The lowest BCUT2D eigenvalue weighted by Gasteiger charge is -2.32. The normalized spacial score (nSPS) is 18.4. The van der Waals surface area contributed by atoms with Crippen LogP contribution in [0.2, 0.25) is 0 Å². The zero-order valence-corrected chi connectivity index (χ0v) is 16.4. The van der Waals surface area contributed by atoms with E-state index in [0.717, 1.165) is 54.3 Å². The molecule has 2 aromatic rings. The van der Waals surface area contributed by atoms with Crippen LogP contribution >= 0.6 is 0 Å². The first-order valence-electron chi connectivity index (χ1n) is 9.78. The molecule has 1 aromatic carbocycles. The van der Waals surface area contributed by atoms with Gasteiger partial charge >= 0.3 is 0 Å². The first kappa shape index (κ1) is 18.5. The molecule has 6 heteroatoms. The second kappa shape index (κ2) is 7.64. The minimum absolute atomic E-state index is 0.0899. The van der Waals surface area contributed by atoms with Gasteiger partial charge in [0.1, 0.15) is 0 Å². The molecule has 1 saturated heterocycles. The van der Waals surface area contributed by atoms with Crippen LogP contribution in [-0.2, 0) is 16.0 Å². The van der Waals surface area contributed by atoms with E-state index in [-0.39, 0.29) is 11.8 Å².